The van der Waals surface area contributed by atoms with Crippen LogP contribution >= 0.6 is 0 Å². The fraction of sp³-hybridized carbons (Fsp3) is 0.583. The first kappa shape index (κ1) is 12.2. The highest BCUT2D eigenvalue weighted by Crippen LogP contribution is 2.35. The summed E-state index contributed by atoms with van der Waals surface area (Å²) in [4.78, 5) is 14.8. The van der Waals surface area contributed by atoms with Gasteiger partial charge in [0.2, 0.25) is 0 Å². The first-order valence-electron chi connectivity index (χ1n) is 5.58. The number of aromatic nitrogens is 1. The highest BCUT2D eigenvalue weighted by Gasteiger charge is 2.41. The van der Waals surface area contributed by atoms with Crippen LogP contribution in [0.15, 0.2) is 4.79 Å². The standard InChI is InChI=1S/C12H14F3NO/c1-6-7(2)16-10-5-8(12(13,14)15)3-4-9(10)11(6)17/h8H,3-5H2,1-2H3,(H,16,17). The number of halogens is 3. The third-order valence-corrected chi connectivity index (χ3v) is 3.54. The number of aromatic amines is 1. The van der Waals surface area contributed by atoms with E-state index in [0.717, 1.165) is 0 Å². The Morgan fingerprint density at radius 2 is 1.94 bits per heavy atom. The highest BCUT2D eigenvalue weighted by molar-refractivity contribution is 5.31. The van der Waals surface area contributed by atoms with E-state index in [1.165, 1.54) is 0 Å². The zero-order valence-electron chi connectivity index (χ0n) is 9.74. The third kappa shape index (κ3) is 2.10. The summed E-state index contributed by atoms with van der Waals surface area (Å²) in [6, 6.07) is 0. The number of pyridine rings is 1. The number of alkyl halides is 3. The molecule has 0 radical (unpaired) electrons. The van der Waals surface area contributed by atoms with Crippen molar-refractivity contribution in [2.45, 2.75) is 39.3 Å². The molecule has 1 aliphatic rings. The van der Waals surface area contributed by atoms with Gasteiger partial charge in [0.05, 0.1) is 5.92 Å². The van der Waals surface area contributed by atoms with E-state index in [0.29, 0.717) is 22.5 Å². The number of rotatable bonds is 0. The Bertz CT molecular complexity index is 502. The lowest BCUT2D eigenvalue weighted by molar-refractivity contribution is -0.177. The van der Waals surface area contributed by atoms with Crippen LogP contribution in [0, 0.1) is 19.8 Å². The molecule has 0 spiro atoms. The summed E-state index contributed by atoms with van der Waals surface area (Å²) in [5.74, 6) is -1.33. The van der Waals surface area contributed by atoms with Gasteiger partial charge in [-0.1, -0.05) is 0 Å². The lowest BCUT2D eigenvalue weighted by Crippen LogP contribution is -2.32. The summed E-state index contributed by atoms with van der Waals surface area (Å²) in [7, 11) is 0. The number of nitrogens with one attached hydrogen (secondary N) is 1. The minimum Gasteiger partial charge on any atom is -0.362 e. The Morgan fingerprint density at radius 1 is 1.29 bits per heavy atom. The van der Waals surface area contributed by atoms with Crippen molar-refractivity contribution in [1.29, 1.82) is 0 Å². The summed E-state index contributed by atoms with van der Waals surface area (Å²) < 4.78 is 37.9. The average Bonchev–Trinajstić information content (AvgIpc) is 2.24. The number of hydrogen-bond acceptors (Lipinski definition) is 1. The van der Waals surface area contributed by atoms with E-state index in [9.17, 15) is 18.0 Å². The van der Waals surface area contributed by atoms with Crippen LogP contribution in [0.25, 0.3) is 0 Å². The minimum absolute atomic E-state index is 0.0160. The number of aryl methyl sites for hydroxylation is 1. The number of H-pyrrole nitrogens is 1. The van der Waals surface area contributed by atoms with Gasteiger partial charge in [-0.15, -0.1) is 0 Å². The summed E-state index contributed by atoms with van der Waals surface area (Å²) in [5, 5.41) is 0. The Kier molecular flexibility index (Phi) is 2.79. The molecule has 1 atom stereocenters. The van der Waals surface area contributed by atoms with E-state index in [-0.39, 0.29) is 24.7 Å². The molecule has 1 unspecified atom stereocenters. The zero-order valence-corrected chi connectivity index (χ0v) is 9.74. The molecule has 0 fully saturated rings. The molecule has 0 aromatic carbocycles. The van der Waals surface area contributed by atoms with Crippen molar-refractivity contribution in [2.24, 2.45) is 5.92 Å². The molecule has 2 nitrogen and oxygen atoms in total. The smallest absolute Gasteiger partial charge is 0.362 e. The molecule has 1 aliphatic carbocycles. The predicted octanol–water partition coefficient (Wildman–Crippen LogP) is 2.66. The largest absolute Gasteiger partial charge is 0.392 e. The first-order chi connectivity index (χ1) is 7.80. The highest BCUT2D eigenvalue weighted by atomic mass is 19.4. The Morgan fingerprint density at radius 3 is 2.53 bits per heavy atom. The molecule has 0 saturated heterocycles. The van der Waals surface area contributed by atoms with Crippen LogP contribution in [0.5, 0.6) is 0 Å². The van der Waals surface area contributed by atoms with Gasteiger partial charge >= 0.3 is 6.18 Å². The summed E-state index contributed by atoms with van der Waals surface area (Å²) >= 11 is 0. The van der Waals surface area contributed by atoms with Crippen LogP contribution in [0.1, 0.15) is 28.9 Å². The summed E-state index contributed by atoms with van der Waals surface area (Å²) in [6.45, 7) is 3.42. The lowest BCUT2D eigenvalue weighted by Gasteiger charge is -2.26. The van der Waals surface area contributed by atoms with Crippen LogP contribution in [0.2, 0.25) is 0 Å². The molecule has 1 heterocycles. The first-order valence-corrected chi connectivity index (χ1v) is 5.58. The minimum atomic E-state index is -4.17. The maximum Gasteiger partial charge on any atom is 0.392 e. The van der Waals surface area contributed by atoms with Gasteiger partial charge in [-0.3, -0.25) is 4.79 Å². The molecule has 94 valence electrons. The van der Waals surface area contributed by atoms with Gasteiger partial charge in [-0.05, 0) is 33.1 Å². The monoisotopic (exact) mass is 245 g/mol. The molecule has 1 aromatic rings. The molecule has 5 heteroatoms. The predicted molar refractivity (Wildman–Crippen MR) is 58.1 cm³/mol. The molecular formula is C12H14F3NO. The molecule has 0 aliphatic heterocycles. The Hall–Kier alpha value is -1.26. The maximum atomic E-state index is 12.6. The topological polar surface area (TPSA) is 32.9 Å². The number of fused-ring (bicyclic) bond motifs is 1. The maximum absolute atomic E-state index is 12.6. The van der Waals surface area contributed by atoms with Gasteiger partial charge in [-0.2, -0.15) is 13.2 Å². The Balaban J connectivity index is 2.44. The van der Waals surface area contributed by atoms with Crippen molar-refractivity contribution >= 4 is 0 Å². The lowest BCUT2D eigenvalue weighted by atomic mass is 9.85. The van der Waals surface area contributed by atoms with Crippen molar-refractivity contribution in [1.82, 2.24) is 4.98 Å². The van der Waals surface area contributed by atoms with Crippen LogP contribution in [-0.4, -0.2) is 11.2 Å². The van der Waals surface area contributed by atoms with Crippen LogP contribution in [-0.2, 0) is 12.8 Å². The van der Waals surface area contributed by atoms with E-state index in [4.69, 9.17) is 0 Å². The van der Waals surface area contributed by atoms with Gasteiger partial charge in [0.15, 0.2) is 5.43 Å². The second-order valence-corrected chi connectivity index (χ2v) is 4.64. The normalized spacial score (nSPS) is 20.2. The molecule has 0 amide bonds. The van der Waals surface area contributed by atoms with Crippen molar-refractivity contribution < 1.29 is 13.2 Å². The van der Waals surface area contributed by atoms with Crippen molar-refractivity contribution in [3.8, 4) is 0 Å². The van der Waals surface area contributed by atoms with Crippen molar-refractivity contribution in [3.05, 3.63) is 32.7 Å². The fourth-order valence-electron chi connectivity index (χ4n) is 2.31. The van der Waals surface area contributed by atoms with Crippen molar-refractivity contribution in [3.63, 3.8) is 0 Å². The van der Waals surface area contributed by atoms with Crippen LogP contribution < -0.4 is 5.43 Å². The van der Waals surface area contributed by atoms with Crippen LogP contribution in [0.4, 0.5) is 13.2 Å². The fourth-order valence-corrected chi connectivity index (χ4v) is 2.31. The van der Waals surface area contributed by atoms with Crippen LogP contribution in [0.3, 0.4) is 0 Å². The van der Waals surface area contributed by atoms with E-state index in [2.05, 4.69) is 4.98 Å². The van der Waals surface area contributed by atoms with Gasteiger partial charge in [0.1, 0.15) is 0 Å². The van der Waals surface area contributed by atoms with Gasteiger partial charge in [0.25, 0.3) is 0 Å². The second-order valence-electron chi connectivity index (χ2n) is 4.64. The summed E-state index contributed by atoms with van der Waals surface area (Å²) in [5.41, 5.74) is 2.17. The van der Waals surface area contributed by atoms with Gasteiger partial charge in [0, 0.05) is 22.5 Å². The zero-order chi connectivity index (χ0) is 12.8. The van der Waals surface area contributed by atoms with Gasteiger partial charge in [-0.25, -0.2) is 0 Å². The van der Waals surface area contributed by atoms with E-state index in [1.54, 1.807) is 13.8 Å². The molecule has 2 rings (SSSR count). The third-order valence-electron chi connectivity index (χ3n) is 3.54. The summed E-state index contributed by atoms with van der Waals surface area (Å²) in [6.07, 6.45) is -4.04. The average molecular weight is 245 g/mol. The second kappa shape index (κ2) is 3.89. The molecule has 0 bridgehead atoms. The molecule has 1 aromatic heterocycles. The Labute approximate surface area is 96.9 Å². The molecular weight excluding hydrogens is 231 g/mol. The number of hydrogen-bond donors (Lipinski definition) is 1. The molecule has 17 heavy (non-hydrogen) atoms. The SMILES string of the molecule is Cc1[nH]c2c(c(=O)c1C)CCC(C(F)(F)F)C2. The molecule has 1 N–H and O–H groups in total. The molecule has 0 saturated carbocycles. The van der Waals surface area contributed by atoms with E-state index >= 15 is 0 Å². The van der Waals surface area contributed by atoms with Crippen molar-refractivity contribution in [2.75, 3.05) is 0 Å². The van der Waals surface area contributed by atoms with E-state index < -0.39 is 12.1 Å². The quantitative estimate of drug-likeness (QED) is 0.749. The van der Waals surface area contributed by atoms with E-state index in [1.807, 2.05) is 0 Å². The van der Waals surface area contributed by atoms with Gasteiger partial charge < -0.3 is 4.98 Å².